The number of ether oxygens (including phenoxy) is 2. The first-order chi connectivity index (χ1) is 6.66. The Bertz CT molecular complexity index is 123. The molecule has 0 radical (unpaired) electrons. The molecular formula is C9H18F2O3. The fourth-order valence-electron chi connectivity index (χ4n) is 0.839. The van der Waals surface area contributed by atoms with E-state index in [1.807, 2.05) is 6.92 Å². The highest BCUT2D eigenvalue weighted by Crippen LogP contribution is 1.97. The first-order valence-corrected chi connectivity index (χ1v) is 4.78. The van der Waals surface area contributed by atoms with E-state index in [0.29, 0.717) is 13.0 Å². The Labute approximate surface area is 83.0 Å². The van der Waals surface area contributed by atoms with Crippen molar-refractivity contribution in [2.75, 3.05) is 26.4 Å². The number of rotatable bonds is 9. The second-order valence-electron chi connectivity index (χ2n) is 2.98. The lowest BCUT2D eigenvalue weighted by atomic mass is 10.3. The van der Waals surface area contributed by atoms with Crippen LogP contribution in [-0.2, 0) is 9.47 Å². The van der Waals surface area contributed by atoms with Crippen LogP contribution in [0.2, 0.25) is 0 Å². The quantitative estimate of drug-likeness (QED) is 0.588. The number of aliphatic hydroxyl groups excluding tert-OH is 1. The lowest BCUT2D eigenvalue weighted by Crippen LogP contribution is -2.18. The van der Waals surface area contributed by atoms with Crippen LogP contribution in [0.4, 0.5) is 8.78 Å². The van der Waals surface area contributed by atoms with Crippen LogP contribution < -0.4 is 0 Å². The van der Waals surface area contributed by atoms with Crippen molar-refractivity contribution in [3.8, 4) is 0 Å². The number of hydrogen-bond donors (Lipinski definition) is 1. The average Bonchev–Trinajstić information content (AvgIpc) is 2.13. The maximum Gasteiger partial charge on any atom is 0.261 e. The van der Waals surface area contributed by atoms with Gasteiger partial charge in [-0.3, -0.25) is 0 Å². The molecule has 0 fully saturated rings. The van der Waals surface area contributed by atoms with Gasteiger partial charge in [0.25, 0.3) is 6.43 Å². The van der Waals surface area contributed by atoms with Gasteiger partial charge in [0.1, 0.15) is 6.61 Å². The van der Waals surface area contributed by atoms with Gasteiger partial charge in [-0.2, -0.15) is 0 Å². The summed E-state index contributed by atoms with van der Waals surface area (Å²) in [6.07, 6.45) is -1.84. The molecule has 1 atom stereocenters. The van der Waals surface area contributed by atoms with E-state index in [2.05, 4.69) is 4.74 Å². The molecule has 0 spiro atoms. The smallest absolute Gasteiger partial charge is 0.261 e. The van der Waals surface area contributed by atoms with Gasteiger partial charge in [-0.15, -0.1) is 0 Å². The molecule has 5 heteroatoms. The Morgan fingerprint density at radius 2 is 1.79 bits per heavy atom. The zero-order chi connectivity index (χ0) is 10.8. The summed E-state index contributed by atoms with van der Waals surface area (Å²) in [5.41, 5.74) is 0. The molecule has 0 rings (SSSR count). The van der Waals surface area contributed by atoms with E-state index in [1.165, 1.54) is 0 Å². The summed E-state index contributed by atoms with van der Waals surface area (Å²) >= 11 is 0. The van der Waals surface area contributed by atoms with Crippen LogP contribution >= 0.6 is 0 Å². The third-order valence-corrected chi connectivity index (χ3v) is 1.50. The van der Waals surface area contributed by atoms with E-state index < -0.39 is 19.1 Å². The van der Waals surface area contributed by atoms with Crippen molar-refractivity contribution in [1.29, 1.82) is 0 Å². The highest BCUT2D eigenvalue weighted by molar-refractivity contribution is 4.52. The summed E-state index contributed by atoms with van der Waals surface area (Å²) in [5.74, 6) is 0. The SMILES string of the molecule is CCCOCC(O)CCOCC(F)F. The summed E-state index contributed by atoms with van der Waals surface area (Å²) < 4.78 is 32.9. The van der Waals surface area contributed by atoms with Crippen LogP contribution in [0.3, 0.4) is 0 Å². The lowest BCUT2D eigenvalue weighted by molar-refractivity contribution is -0.0127. The average molecular weight is 212 g/mol. The van der Waals surface area contributed by atoms with Gasteiger partial charge in [0.2, 0.25) is 0 Å². The predicted molar refractivity (Wildman–Crippen MR) is 48.6 cm³/mol. The molecule has 0 aliphatic carbocycles. The Kier molecular flexibility index (Phi) is 9.13. The Balaban J connectivity index is 3.14. The van der Waals surface area contributed by atoms with Crippen LogP contribution in [0.25, 0.3) is 0 Å². The van der Waals surface area contributed by atoms with Crippen molar-refractivity contribution >= 4 is 0 Å². The molecule has 0 bridgehead atoms. The van der Waals surface area contributed by atoms with E-state index >= 15 is 0 Å². The van der Waals surface area contributed by atoms with Gasteiger partial charge >= 0.3 is 0 Å². The van der Waals surface area contributed by atoms with Crippen molar-refractivity contribution in [2.24, 2.45) is 0 Å². The van der Waals surface area contributed by atoms with Gasteiger partial charge in [0, 0.05) is 13.2 Å². The zero-order valence-electron chi connectivity index (χ0n) is 8.42. The molecule has 0 saturated heterocycles. The maximum atomic E-state index is 11.6. The van der Waals surface area contributed by atoms with Gasteiger partial charge in [0.05, 0.1) is 12.7 Å². The minimum absolute atomic E-state index is 0.140. The molecule has 0 aromatic carbocycles. The molecule has 0 aromatic rings. The van der Waals surface area contributed by atoms with E-state index in [4.69, 9.17) is 4.74 Å². The van der Waals surface area contributed by atoms with E-state index in [-0.39, 0.29) is 13.2 Å². The highest BCUT2D eigenvalue weighted by atomic mass is 19.3. The molecule has 14 heavy (non-hydrogen) atoms. The van der Waals surface area contributed by atoms with Crippen LogP contribution in [0, 0.1) is 0 Å². The molecule has 0 aliphatic rings. The molecule has 0 aliphatic heterocycles. The summed E-state index contributed by atoms with van der Waals surface area (Å²) in [4.78, 5) is 0. The number of halogens is 2. The van der Waals surface area contributed by atoms with Crippen molar-refractivity contribution in [1.82, 2.24) is 0 Å². The van der Waals surface area contributed by atoms with Crippen LogP contribution in [0.1, 0.15) is 19.8 Å². The molecule has 86 valence electrons. The van der Waals surface area contributed by atoms with Crippen molar-refractivity contribution in [3.05, 3.63) is 0 Å². The Hall–Kier alpha value is -0.260. The molecular weight excluding hydrogens is 194 g/mol. The van der Waals surface area contributed by atoms with Crippen LogP contribution in [0.5, 0.6) is 0 Å². The number of aliphatic hydroxyl groups is 1. The second kappa shape index (κ2) is 9.30. The molecule has 0 saturated carbocycles. The van der Waals surface area contributed by atoms with Gasteiger partial charge in [-0.25, -0.2) is 8.78 Å². The zero-order valence-corrected chi connectivity index (χ0v) is 8.42. The summed E-state index contributed by atoms with van der Waals surface area (Å²) in [5, 5.41) is 9.25. The van der Waals surface area contributed by atoms with Crippen molar-refractivity contribution < 1.29 is 23.4 Å². The fourth-order valence-corrected chi connectivity index (χ4v) is 0.839. The van der Waals surface area contributed by atoms with Crippen LogP contribution in [-0.4, -0.2) is 44.1 Å². The fraction of sp³-hybridized carbons (Fsp3) is 1.00. The monoisotopic (exact) mass is 212 g/mol. The maximum absolute atomic E-state index is 11.6. The topological polar surface area (TPSA) is 38.7 Å². The highest BCUT2D eigenvalue weighted by Gasteiger charge is 2.06. The third-order valence-electron chi connectivity index (χ3n) is 1.50. The number of hydrogen-bond acceptors (Lipinski definition) is 3. The Morgan fingerprint density at radius 3 is 2.36 bits per heavy atom. The van der Waals surface area contributed by atoms with E-state index in [1.54, 1.807) is 0 Å². The normalized spacial score (nSPS) is 13.5. The largest absolute Gasteiger partial charge is 0.391 e. The standard InChI is InChI=1S/C9H18F2O3/c1-2-4-13-6-8(12)3-5-14-7-9(10)11/h8-9,12H,2-7H2,1H3. The molecule has 0 aromatic heterocycles. The first-order valence-electron chi connectivity index (χ1n) is 4.78. The van der Waals surface area contributed by atoms with E-state index in [9.17, 15) is 13.9 Å². The summed E-state index contributed by atoms with van der Waals surface area (Å²) in [7, 11) is 0. The first kappa shape index (κ1) is 13.7. The van der Waals surface area contributed by atoms with Crippen molar-refractivity contribution in [2.45, 2.75) is 32.3 Å². The van der Waals surface area contributed by atoms with Gasteiger partial charge in [-0.1, -0.05) is 6.92 Å². The summed E-state index contributed by atoms with van der Waals surface area (Å²) in [6, 6.07) is 0. The number of alkyl halides is 2. The molecule has 1 unspecified atom stereocenters. The minimum atomic E-state index is -2.44. The minimum Gasteiger partial charge on any atom is -0.391 e. The predicted octanol–water partition coefficient (Wildman–Crippen LogP) is 1.45. The second-order valence-corrected chi connectivity index (χ2v) is 2.98. The molecule has 0 heterocycles. The molecule has 3 nitrogen and oxygen atoms in total. The van der Waals surface area contributed by atoms with Crippen molar-refractivity contribution in [3.63, 3.8) is 0 Å². The van der Waals surface area contributed by atoms with Crippen LogP contribution in [0.15, 0.2) is 0 Å². The Morgan fingerprint density at radius 1 is 1.14 bits per heavy atom. The van der Waals surface area contributed by atoms with Gasteiger partial charge < -0.3 is 14.6 Å². The third kappa shape index (κ3) is 9.83. The molecule has 0 amide bonds. The van der Waals surface area contributed by atoms with Gasteiger partial charge in [0.15, 0.2) is 0 Å². The van der Waals surface area contributed by atoms with E-state index in [0.717, 1.165) is 6.42 Å². The molecule has 1 N–H and O–H groups in total. The summed E-state index contributed by atoms with van der Waals surface area (Å²) in [6.45, 7) is 2.39. The lowest BCUT2D eigenvalue weighted by Gasteiger charge is -2.10. The van der Waals surface area contributed by atoms with Gasteiger partial charge in [-0.05, 0) is 12.8 Å².